The summed E-state index contributed by atoms with van der Waals surface area (Å²) in [6, 6.07) is 0.901. The molecule has 1 saturated carbocycles. The number of carbonyl (C=O) groups is 1. The topological polar surface area (TPSA) is 118 Å². The van der Waals surface area contributed by atoms with E-state index in [4.69, 9.17) is 8.94 Å². The predicted molar refractivity (Wildman–Crippen MR) is 124 cm³/mol. The number of aromatic nitrogens is 2. The Balaban J connectivity index is 1.56. The van der Waals surface area contributed by atoms with Crippen LogP contribution in [0.2, 0.25) is 0 Å². The number of hydrogen-bond donors (Lipinski definition) is 2. The normalized spacial score (nSPS) is 18.9. The van der Waals surface area contributed by atoms with Crippen LogP contribution in [0.15, 0.2) is 19.8 Å². The van der Waals surface area contributed by atoms with E-state index >= 15 is 0 Å². The van der Waals surface area contributed by atoms with Gasteiger partial charge in [-0.3, -0.25) is 9.59 Å². The van der Waals surface area contributed by atoms with Crippen molar-refractivity contribution in [3.8, 4) is 5.75 Å². The van der Waals surface area contributed by atoms with E-state index in [-0.39, 0.29) is 29.9 Å². The molecule has 1 atom stereocenters. The zero-order valence-electron chi connectivity index (χ0n) is 18.4. The molecule has 1 aliphatic carbocycles. The van der Waals surface area contributed by atoms with Crippen LogP contribution in [0.1, 0.15) is 73.7 Å². The smallest absolute Gasteiger partial charge is 0.249 e. The molecule has 4 rings (SSSR count). The van der Waals surface area contributed by atoms with E-state index < -0.39 is 10.8 Å². The zero-order valence-corrected chi connectivity index (χ0v) is 20.0. The summed E-state index contributed by atoms with van der Waals surface area (Å²) in [7, 11) is 0. The molecule has 2 N–H and O–H groups in total. The molecule has 1 saturated heterocycles. The fraction of sp³-hybridized carbons (Fsp3) is 0.636. The van der Waals surface area contributed by atoms with Crippen molar-refractivity contribution in [3.05, 3.63) is 39.5 Å². The predicted octanol–water partition coefficient (Wildman–Crippen LogP) is 3.68. The molecule has 2 fully saturated rings. The van der Waals surface area contributed by atoms with Gasteiger partial charge in [-0.2, -0.15) is 28.5 Å². The van der Waals surface area contributed by atoms with Gasteiger partial charge in [0.15, 0.2) is 11.6 Å². The summed E-state index contributed by atoms with van der Waals surface area (Å²) < 4.78 is 11.3. The summed E-state index contributed by atoms with van der Waals surface area (Å²) in [5, 5.41) is 17.7. The molecular formula is C22H29N3O5S2. The number of nitrogens with zero attached hydrogens (tertiary/aromatic N) is 2. The minimum Gasteiger partial charge on any atom is -0.502 e. The number of thioether (sulfide) groups is 2. The first kappa shape index (κ1) is 23.2. The number of nitrogens with one attached hydrogen (secondary N) is 1. The van der Waals surface area contributed by atoms with Gasteiger partial charge in [0, 0.05) is 23.8 Å². The lowest BCUT2D eigenvalue weighted by atomic mass is 9.75. The monoisotopic (exact) mass is 479 g/mol. The lowest BCUT2D eigenvalue weighted by molar-refractivity contribution is -0.123. The van der Waals surface area contributed by atoms with E-state index in [9.17, 15) is 14.7 Å². The third-order valence-corrected chi connectivity index (χ3v) is 7.75. The fourth-order valence-electron chi connectivity index (χ4n) is 4.15. The molecule has 3 heterocycles. The van der Waals surface area contributed by atoms with Gasteiger partial charge in [-0.05, 0) is 62.5 Å². The fourth-order valence-corrected chi connectivity index (χ4v) is 5.90. The van der Waals surface area contributed by atoms with Crippen LogP contribution < -0.4 is 10.7 Å². The SMILES string of the molecule is CSCCC(NC(=O)CC1(c2oc(C)cc(=O)c2O)CCSCC1)c1nc(C2CC2)no1. The molecule has 0 aromatic carbocycles. The van der Waals surface area contributed by atoms with E-state index in [2.05, 4.69) is 15.5 Å². The van der Waals surface area contributed by atoms with Crippen LogP contribution in [-0.4, -0.2) is 44.7 Å². The average Bonchev–Trinajstić information content (AvgIpc) is 3.51. The van der Waals surface area contributed by atoms with E-state index in [1.807, 2.05) is 6.26 Å². The summed E-state index contributed by atoms with van der Waals surface area (Å²) in [5.41, 5.74) is -1.19. The highest BCUT2D eigenvalue weighted by molar-refractivity contribution is 7.99. The number of aryl methyl sites for hydroxylation is 1. The number of carbonyl (C=O) groups excluding carboxylic acids is 1. The number of amides is 1. The molecule has 32 heavy (non-hydrogen) atoms. The van der Waals surface area contributed by atoms with Crippen LogP contribution in [0.25, 0.3) is 0 Å². The molecule has 1 amide bonds. The van der Waals surface area contributed by atoms with Gasteiger partial charge in [0.1, 0.15) is 11.8 Å². The summed E-state index contributed by atoms with van der Waals surface area (Å²) in [6.07, 6.45) is 6.25. The molecule has 0 spiro atoms. The van der Waals surface area contributed by atoms with Crippen LogP contribution in [0, 0.1) is 6.92 Å². The second-order valence-corrected chi connectivity index (χ2v) is 10.8. The standard InChI is InChI=1S/C22H29N3O5S2/c1-13-11-16(26)18(28)19(29-13)22(6-9-32-10-7-22)12-17(27)23-15(5-8-31-2)21-24-20(25-30-21)14-3-4-14/h11,14-15,28H,3-10,12H2,1-2H3,(H,23,27). The van der Waals surface area contributed by atoms with Gasteiger partial charge >= 0.3 is 0 Å². The molecule has 0 bridgehead atoms. The van der Waals surface area contributed by atoms with Gasteiger partial charge in [-0.25, -0.2) is 0 Å². The first-order chi connectivity index (χ1) is 15.4. The average molecular weight is 480 g/mol. The minimum atomic E-state index is -0.720. The van der Waals surface area contributed by atoms with Crippen LogP contribution >= 0.6 is 23.5 Å². The van der Waals surface area contributed by atoms with Crippen molar-refractivity contribution in [3.63, 3.8) is 0 Å². The highest BCUT2D eigenvalue weighted by atomic mass is 32.2. The maximum atomic E-state index is 13.3. The Morgan fingerprint density at radius 2 is 2.16 bits per heavy atom. The lowest BCUT2D eigenvalue weighted by Crippen LogP contribution is -2.39. The minimum absolute atomic E-state index is 0.118. The molecule has 8 nitrogen and oxygen atoms in total. The van der Waals surface area contributed by atoms with Gasteiger partial charge in [-0.15, -0.1) is 0 Å². The maximum Gasteiger partial charge on any atom is 0.249 e. The van der Waals surface area contributed by atoms with Crippen LogP contribution in [-0.2, 0) is 10.2 Å². The second-order valence-electron chi connectivity index (χ2n) is 8.64. The van der Waals surface area contributed by atoms with Gasteiger partial charge in [0.25, 0.3) is 0 Å². The molecule has 10 heteroatoms. The van der Waals surface area contributed by atoms with Crippen molar-refractivity contribution >= 4 is 29.4 Å². The van der Waals surface area contributed by atoms with Crippen molar-refractivity contribution in [2.75, 3.05) is 23.5 Å². The largest absolute Gasteiger partial charge is 0.502 e. The highest BCUT2D eigenvalue weighted by Crippen LogP contribution is 2.44. The van der Waals surface area contributed by atoms with Gasteiger partial charge in [0.2, 0.25) is 23.0 Å². The Morgan fingerprint density at radius 1 is 1.41 bits per heavy atom. The third-order valence-electron chi connectivity index (χ3n) is 6.12. The van der Waals surface area contributed by atoms with E-state index in [1.165, 1.54) is 6.07 Å². The Hall–Kier alpha value is -1.94. The molecule has 0 radical (unpaired) electrons. The third kappa shape index (κ3) is 5.17. The second kappa shape index (κ2) is 9.91. The molecule has 2 aliphatic rings. The number of hydrogen-bond acceptors (Lipinski definition) is 9. The Kier molecular flexibility index (Phi) is 7.19. The molecule has 2 aromatic heterocycles. The van der Waals surface area contributed by atoms with Crippen molar-refractivity contribution in [2.24, 2.45) is 0 Å². The summed E-state index contributed by atoms with van der Waals surface area (Å²) in [6.45, 7) is 1.68. The Bertz CT molecular complexity index is 1010. The van der Waals surface area contributed by atoms with Gasteiger partial charge in [0.05, 0.1) is 0 Å². The summed E-state index contributed by atoms with van der Waals surface area (Å²) in [5.74, 6) is 4.11. The first-order valence-electron chi connectivity index (χ1n) is 11.0. The van der Waals surface area contributed by atoms with E-state index in [1.54, 1.807) is 30.4 Å². The molecule has 1 unspecified atom stereocenters. The van der Waals surface area contributed by atoms with Gasteiger partial charge in [-0.1, -0.05) is 5.16 Å². The zero-order chi connectivity index (χ0) is 22.7. The molecule has 1 aliphatic heterocycles. The van der Waals surface area contributed by atoms with Crippen molar-refractivity contribution in [1.82, 2.24) is 15.5 Å². The molecule has 2 aromatic rings. The summed E-state index contributed by atoms with van der Waals surface area (Å²) >= 11 is 3.48. The van der Waals surface area contributed by atoms with Crippen molar-refractivity contribution in [2.45, 2.75) is 62.8 Å². The first-order valence-corrected chi connectivity index (χ1v) is 13.5. The number of aromatic hydroxyl groups is 1. The highest BCUT2D eigenvalue weighted by Gasteiger charge is 2.42. The Labute approximate surface area is 195 Å². The van der Waals surface area contributed by atoms with Crippen molar-refractivity contribution in [1.29, 1.82) is 0 Å². The van der Waals surface area contributed by atoms with Gasteiger partial charge < -0.3 is 19.4 Å². The summed E-state index contributed by atoms with van der Waals surface area (Å²) in [4.78, 5) is 30.0. The quantitative estimate of drug-likeness (QED) is 0.555. The molecular weight excluding hydrogens is 450 g/mol. The van der Waals surface area contributed by atoms with Crippen LogP contribution in [0.4, 0.5) is 0 Å². The Morgan fingerprint density at radius 3 is 2.84 bits per heavy atom. The number of rotatable bonds is 9. The lowest BCUT2D eigenvalue weighted by Gasteiger charge is -2.36. The van der Waals surface area contributed by atoms with E-state index in [0.717, 1.165) is 35.9 Å². The molecule has 174 valence electrons. The van der Waals surface area contributed by atoms with Crippen LogP contribution in [0.3, 0.4) is 0 Å². The maximum absolute atomic E-state index is 13.3. The van der Waals surface area contributed by atoms with Crippen LogP contribution in [0.5, 0.6) is 5.75 Å². The van der Waals surface area contributed by atoms with E-state index in [0.29, 0.717) is 36.8 Å². The van der Waals surface area contributed by atoms with Crippen molar-refractivity contribution < 1.29 is 18.8 Å².